The SMILES string of the molecule is CCCCCN(C(=O)c1nn(-c2ccccc2F)c(C)cc1=O)c1nc(C)c(C(=O)OCC)s1. The maximum Gasteiger partial charge on any atom is 0.350 e. The monoisotopic (exact) mass is 486 g/mol. The van der Waals surface area contributed by atoms with E-state index in [2.05, 4.69) is 10.1 Å². The second-order valence-electron chi connectivity index (χ2n) is 7.66. The molecule has 2 aromatic heterocycles. The summed E-state index contributed by atoms with van der Waals surface area (Å²) >= 11 is 1.03. The van der Waals surface area contributed by atoms with Crippen molar-refractivity contribution in [2.75, 3.05) is 18.1 Å². The minimum absolute atomic E-state index is 0.126. The van der Waals surface area contributed by atoms with E-state index in [1.165, 1.54) is 27.8 Å². The molecule has 34 heavy (non-hydrogen) atoms. The van der Waals surface area contributed by atoms with E-state index in [9.17, 15) is 18.8 Å². The maximum atomic E-state index is 14.4. The van der Waals surface area contributed by atoms with Gasteiger partial charge in [-0.2, -0.15) is 5.10 Å². The molecule has 8 nitrogen and oxygen atoms in total. The smallest absolute Gasteiger partial charge is 0.350 e. The third kappa shape index (κ3) is 5.39. The highest BCUT2D eigenvalue weighted by Crippen LogP contribution is 2.28. The first-order valence-electron chi connectivity index (χ1n) is 11.1. The summed E-state index contributed by atoms with van der Waals surface area (Å²) in [5.74, 6) is -1.70. The van der Waals surface area contributed by atoms with Crippen molar-refractivity contribution in [1.82, 2.24) is 14.8 Å². The van der Waals surface area contributed by atoms with Crippen LogP contribution in [0.25, 0.3) is 5.69 Å². The fourth-order valence-electron chi connectivity index (χ4n) is 3.38. The zero-order chi connectivity index (χ0) is 24.8. The Labute approximate surface area is 201 Å². The Morgan fingerprint density at radius 1 is 1.18 bits per heavy atom. The molecule has 2 heterocycles. The number of hydrogen-bond acceptors (Lipinski definition) is 7. The molecular weight excluding hydrogens is 459 g/mol. The number of aryl methyl sites for hydroxylation is 2. The van der Waals surface area contributed by atoms with E-state index in [-0.39, 0.29) is 29.7 Å². The standard InChI is InChI=1S/C24H27FN4O4S/c1-5-7-10-13-28(24-26-16(4)21(34-24)23(32)33-6-2)22(31)20-19(30)14-15(3)29(27-20)18-12-9-8-11-17(18)25/h8-9,11-12,14H,5-7,10,13H2,1-4H3. The van der Waals surface area contributed by atoms with Crippen LogP contribution in [0.5, 0.6) is 0 Å². The highest BCUT2D eigenvalue weighted by Gasteiger charge is 2.28. The van der Waals surface area contributed by atoms with Crippen LogP contribution in [-0.4, -0.2) is 39.8 Å². The summed E-state index contributed by atoms with van der Waals surface area (Å²) in [4.78, 5) is 44.7. The Morgan fingerprint density at radius 3 is 2.59 bits per heavy atom. The molecule has 180 valence electrons. The Balaban J connectivity index is 2.06. The number of para-hydroxylation sites is 1. The van der Waals surface area contributed by atoms with Crippen LogP contribution >= 0.6 is 11.3 Å². The molecule has 0 saturated carbocycles. The van der Waals surface area contributed by atoms with Gasteiger partial charge in [-0.3, -0.25) is 14.5 Å². The lowest BCUT2D eigenvalue weighted by Gasteiger charge is -2.20. The van der Waals surface area contributed by atoms with Gasteiger partial charge in [0, 0.05) is 18.3 Å². The number of ether oxygens (including phenoxy) is 1. The summed E-state index contributed by atoms with van der Waals surface area (Å²) in [6, 6.07) is 7.24. The van der Waals surface area contributed by atoms with Gasteiger partial charge < -0.3 is 4.74 Å². The van der Waals surface area contributed by atoms with Crippen LogP contribution in [0.3, 0.4) is 0 Å². The lowest BCUT2D eigenvalue weighted by atomic mass is 10.2. The molecule has 0 bridgehead atoms. The van der Waals surface area contributed by atoms with Crippen LogP contribution in [0.15, 0.2) is 35.1 Å². The number of nitrogens with zero attached hydrogens (tertiary/aromatic N) is 4. The molecule has 3 rings (SSSR count). The number of carbonyl (C=O) groups excluding carboxylic acids is 2. The molecule has 1 aromatic carbocycles. The number of unbranched alkanes of at least 4 members (excludes halogenated alkanes) is 2. The summed E-state index contributed by atoms with van der Waals surface area (Å²) in [6.45, 7) is 7.52. The van der Waals surface area contributed by atoms with Gasteiger partial charge >= 0.3 is 5.97 Å². The van der Waals surface area contributed by atoms with Gasteiger partial charge in [0.1, 0.15) is 16.4 Å². The van der Waals surface area contributed by atoms with Crippen molar-refractivity contribution in [2.45, 2.75) is 47.0 Å². The second kappa shape index (κ2) is 11.1. The van der Waals surface area contributed by atoms with Gasteiger partial charge in [0.2, 0.25) is 5.43 Å². The Hall–Kier alpha value is -3.40. The van der Waals surface area contributed by atoms with E-state index < -0.39 is 23.1 Å². The number of benzene rings is 1. The number of thiazole rings is 1. The number of rotatable bonds is 9. The van der Waals surface area contributed by atoms with Crippen molar-refractivity contribution in [1.29, 1.82) is 0 Å². The third-order valence-electron chi connectivity index (χ3n) is 5.10. The molecule has 0 N–H and O–H groups in total. The van der Waals surface area contributed by atoms with Crippen LogP contribution in [-0.2, 0) is 4.74 Å². The van der Waals surface area contributed by atoms with E-state index in [1.807, 2.05) is 6.92 Å². The zero-order valence-corrected chi connectivity index (χ0v) is 20.4. The van der Waals surface area contributed by atoms with E-state index in [0.717, 1.165) is 24.2 Å². The van der Waals surface area contributed by atoms with Crippen molar-refractivity contribution >= 4 is 28.3 Å². The van der Waals surface area contributed by atoms with Crippen LogP contribution < -0.4 is 10.3 Å². The van der Waals surface area contributed by atoms with E-state index in [0.29, 0.717) is 22.7 Å². The van der Waals surface area contributed by atoms with Gasteiger partial charge in [-0.05, 0) is 39.3 Å². The van der Waals surface area contributed by atoms with E-state index >= 15 is 0 Å². The summed E-state index contributed by atoms with van der Waals surface area (Å²) in [6.07, 6.45) is 2.46. The lowest BCUT2D eigenvalue weighted by molar-refractivity contribution is 0.0531. The molecular formula is C24H27FN4O4S. The molecule has 0 saturated heterocycles. The first-order chi connectivity index (χ1) is 16.3. The Morgan fingerprint density at radius 2 is 1.91 bits per heavy atom. The normalized spacial score (nSPS) is 10.9. The number of aromatic nitrogens is 3. The average molecular weight is 487 g/mol. The predicted octanol–water partition coefficient (Wildman–Crippen LogP) is 4.46. The topological polar surface area (TPSA) is 94.4 Å². The summed E-state index contributed by atoms with van der Waals surface area (Å²) in [5.41, 5.74) is 0.0258. The number of hydrogen-bond donors (Lipinski definition) is 0. The van der Waals surface area contributed by atoms with Crippen LogP contribution in [0.1, 0.15) is 64.7 Å². The molecule has 10 heteroatoms. The van der Waals surface area contributed by atoms with Crippen molar-refractivity contribution in [3.05, 3.63) is 68.3 Å². The van der Waals surface area contributed by atoms with Crippen molar-refractivity contribution in [3.8, 4) is 5.69 Å². The molecule has 3 aromatic rings. The van der Waals surface area contributed by atoms with Gasteiger partial charge in [0.25, 0.3) is 5.91 Å². The van der Waals surface area contributed by atoms with E-state index in [4.69, 9.17) is 4.74 Å². The molecule has 0 fully saturated rings. The summed E-state index contributed by atoms with van der Waals surface area (Å²) in [7, 11) is 0. The first-order valence-corrected chi connectivity index (χ1v) is 11.9. The molecule has 0 atom stereocenters. The predicted molar refractivity (Wildman–Crippen MR) is 129 cm³/mol. The fraction of sp³-hybridized carbons (Fsp3) is 0.375. The van der Waals surface area contributed by atoms with Gasteiger partial charge in [0.15, 0.2) is 10.8 Å². The number of carbonyl (C=O) groups is 2. The number of halogens is 1. The minimum Gasteiger partial charge on any atom is -0.462 e. The highest BCUT2D eigenvalue weighted by atomic mass is 32.1. The summed E-state index contributed by atoms with van der Waals surface area (Å²) in [5, 5.41) is 4.51. The van der Waals surface area contributed by atoms with Crippen molar-refractivity contribution < 1.29 is 18.7 Å². The van der Waals surface area contributed by atoms with Gasteiger partial charge in [-0.25, -0.2) is 18.9 Å². The first kappa shape index (κ1) is 25.2. The highest BCUT2D eigenvalue weighted by molar-refractivity contribution is 7.17. The third-order valence-corrected chi connectivity index (χ3v) is 6.26. The maximum absolute atomic E-state index is 14.4. The molecule has 1 amide bonds. The van der Waals surface area contributed by atoms with Gasteiger partial charge in [0.05, 0.1) is 12.3 Å². The molecule has 0 unspecified atom stereocenters. The van der Waals surface area contributed by atoms with Crippen LogP contribution in [0.2, 0.25) is 0 Å². The van der Waals surface area contributed by atoms with E-state index in [1.54, 1.807) is 32.9 Å². The van der Waals surface area contributed by atoms with Gasteiger partial charge in [-0.15, -0.1) is 0 Å². The Bertz CT molecular complexity index is 1250. The molecule has 0 aliphatic rings. The molecule has 0 spiro atoms. The summed E-state index contributed by atoms with van der Waals surface area (Å²) < 4.78 is 20.7. The van der Waals surface area contributed by atoms with Gasteiger partial charge in [-0.1, -0.05) is 43.2 Å². The number of esters is 1. The Kier molecular flexibility index (Phi) is 8.27. The fourth-order valence-corrected chi connectivity index (χ4v) is 4.36. The number of anilines is 1. The molecule has 0 aliphatic carbocycles. The lowest BCUT2D eigenvalue weighted by Crippen LogP contribution is -2.37. The zero-order valence-electron chi connectivity index (χ0n) is 19.6. The largest absolute Gasteiger partial charge is 0.462 e. The van der Waals surface area contributed by atoms with Crippen LogP contribution in [0, 0.1) is 19.7 Å². The van der Waals surface area contributed by atoms with Crippen molar-refractivity contribution in [3.63, 3.8) is 0 Å². The molecule has 0 radical (unpaired) electrons. The second-order valence-corrected chi connectivity index (χ2v) is 8.63. The quantitative estimate of drug-likeness (QED) is 0.327. The molecule has 0 aliphatic heterocycles. The number of amides is 1. The van der Waals surface area contributed by atoms with Crippen LogP contribution in [0.4, 0.5) is 9.52 Å². The minimum atomic E-state index is -0.657. The van der Waals surface area contributed by atoms with Crippen molar-refractivity contribution in [2.24, 2.45) is 0 Å². The average Bonchev–Trinajstić information content (AvgIpc) is 3.18.